The highest BCUT2D eigenvalue weighted by molar-refractivity contribution is 5.05. The molecule has 0 N–H and O–H groups in total. The van der Waals surface area contributed by atoms with Gasteiger partial charge in [-0.3, -0.25) is 4.79 Å². The number of halogens is 3. The third-order valence-electron chi connectivity index (χ3n) is 2.18. The Balaban J connectivity index is 3.06. The van der Waals surface area contributed by atoms with Crippen LogP contribution in [0.2, 0.25) is 0 Å². The first-order valence-corrected chi connectivity index (χ1v) is 4.49. The standard InChI is InChI=1S/C10H9F3N2O/c1-7-3-2-4-9(16)15(7)6-8(5-14)10(11,12)13/h2-4,8H,6H2,1H3. The zero-order valence-electron chi connectivity index (χ0n) is 8.45. The van der Waals surface area contributed by atoms with Crippen molar-refractivity contribution in [3.63, 3.8) is 0 Å². The quantitative estimate of drug-likeness (QED) is 0.778. The minimum Gasteiger partial charge on any atom is -0.311 e. The van der Waals surface area contributed by atoms with Crippen LogP contribution in [0.25, 0.3) is 0 Å². The maximum atomic E-state index is 12.3. The van der Waals surface area contributed by atoms with Crippen LogP contribution in [-0.4, -0.2) is 10.7 Å². The molecule has 1 unspecified atom stereocenters. The van der Waals surface area contributed by atoms with Crippen molar-refractivity contribution in [1.82, 2.24) is 4.57 Å². The molecule has 0 radical (unpaired) electrons. The Bertz CT molecular complexity index is 470. The summed E-state index contributed by atoms with van der Waals surface area (Å²) in [6, 6.07) is 5.31. The van der Waals surface area contributed by atoms with E-state index in [1.54, 1.807) is 0 Å². The van der Waals surface area contributed by atoms with Crippen molar-refractivity contribution in [2.45, 2.75) is 19.6 Å². The second-order valence-electron chi connectivity index (χ2n) is 3.34. The number of hydrogen-bond donors (Lipinski definition) is 0. The zero-order chi connectivity index (χ0) is 12.3. The molecule has 0 saturated heterocycles. The van der Waals surface area contributed by atoms with Crippen molar-refractivity contribution in [1.29, 1.82) is 5.26 Å². The van der Waals surface area contributed by atoms with Gasteiger partial charge in [-0.2, -0.15) is 18.4 Å². The molecule has 1 aromatic rings. The highest BCUT2D eigenvalue weighted by atomic mass is 19.4. The van der Waals surface area contributed by atoms with Crippen LogP contribution in [0.1, 0.15) is 5.69 Å². The Labute approximate surface area is 89.7 Å². The van der Waals surface area contributed by atoms with Crippen molar-refractivity contribution in [2.75, 3.05) is 0 Å². The van der Waals surface area contributed by atoms with Crippen LogP contribution >= 0.6 is 0 Å². The summed E-state index contributed by atoms with van der Waals surface area (Å²) in [7, 11) is 0. The van der Waals surface area contributed by atoms with E-state index in [9.17, 15) is 18.0 Å². The molecule has 86 valence electrons. The molecule has 3 nitrogen and oxygen atoms in total. The molecule has 6 heteroatoms. The minimum atomic E-state index is -4.61. The molecule has 1 rings (SSSR count). The van der Waals surface area contributed by atoms with Gasteiger partial charge in [0.25, 0.3) is 5.56 Å². The van der Waals surface area contributed by atoms with Gasteiger partial charge in [0.05, 0.1) is 12.6 Å². The number of nitriles is 1. The highest BCUT2D eigenvalue weighted by Gasteiger charge is 2.40. The Morgan fingerprint density at radius 1 is 1.50 bits per heavy atom. The van der Waals surface area contributed by atoms with Gasteiger partial charge in [-0.25, -0.2) is 0 Å². The Hall–Kier alpha value is -1.77. The van der Waals surface area contributed by atoms with Gasteiger partial charge in [-0.15, -0.1) is 0 Å². The predicted molar refractivity (Wildman–Crippen MR) is 50.6 cm³/mol. The number of rotatable bonds is 2. The Morgan fingerprint density at radius 3 is 2.56 bits per heavy atom. The molecule has 1 aromatic heterocycles. The molecule has 0 amide bonds. The lowest BCUT2D eigenvalue weighted by Gasteiger charge is -2.16. The average Bonchev–Trinajstić information content (AvgIpc) is 2.15. The van der Waals surface area contributed by atoms with E-state index >= 15 is 0 Å². The van der Waals surface area contributed by atoms with E-state index in [2.05, 4.69) is 0 Å². The van der Waals surface area contributed by atoms with Crippen LogP contribution in [-0.2, 0) is 6.54 Å². The SMILES string of the molecule is Cc1cccc(=O)n1CC(C#N)C(F)(F)F. The van der Waals surface area contributed by atoms with Crippen LogP contribution in [0.15, 0.2) is 23.0 Å². The fourth-order valence-electron chi connectivity index (χ4n) is 1.26. The number of aryl methyl sites for hydroxylation is 1. The smallest absolute Gasteiger partial charge is 0.311 e. The molecule has 0 aliphatic carbocycles. The summed E-state index contributed by atoms with van der Waals surface area (Å²) >= 11 is 0. The topological polar surface area (TPSA) is 45.8 Å². The molecule has 0 aromatic carbocycles. The van der Waals surface area contributed by atoms with Crippen molar-refractivity contribution >= 4 is 0 Å². The molecule has 0 bridgehead atoms. The van der Waals surface area contributed by atoms with Crippen molar-refractivity contribution in [3.05, 3.63) is 34.2 Å². The van der Waals surface area contributed by atoms with Crippen LogP contribution in [0, 0.1) is 24.2 Å². The fourth-order valence-corrected chi connectivity index (χ4v) is 1.26. The van der Waals surface area contributed by atoms with E-state index in [4.69, 9.17) is 5.26 Å². The Morgan fingerprint density at radius 2 is 2.12 bits per heavy atom. The largest absolute Gasteiger partial charge is 0.406 e. The number of pyridine rings is 1. The lowest BCUT2D eigenvalue weighted by atomic mass is 10.1. The number of alkyl halides is 3. The monoisotopic (exact) mass is 230 g/mol. The van der Waals surface area contributed by atoms with E-state index in [0.29, 0.717) is 5.69 Å². The van der Waals surface area contributed by atoms with Gasteiger partial charge in [0, 0.05) is 11.8 Å². The average molecular weight is 230 g/mol. The van der Waals surface area contributed by atoms with Crippen LogP contribution in [0.3, 0.4) is 0 Å². The van der Waals surface area contributed by atoms with Gasteiger partial charge in [0.15, 0.2) is 5.92 Å². The normalized spacial score (nSPS) is 13.2. The van der Waals surface area contributed by atoms with Crippen molar-refractivity contribution in [2.24, 2.45) is 5.92 Å². The second-order valence-corrected chi connectivity index (χ2v) is 3.34. The summed E-state index contributed by atoms with van der Waals surface area (Å²) < 4.78 is 37.9. The first kappa shape index (κ1) is 12.3. The fraction of sp³-hybridized carbons (Fsp3) is 0.400. The number of aromatic nitrogens is 1. The van der Waals surface area contributed by atoms with Gasteiger partial charge in [-0.05, 0) is 13.0 Å². The summed E-state index contributed by atoms with van der Waals surface area (Å²) in [5.41, 5.74) is -0.138. The van der Waals surface area contributed by atoms with Gasteiger partial charge < -0.3 is 4.57 Å². The molecular formula is C10H9F3N2O. The number of nitrogens with zero attached hydrogens (tertiary/aromatic N) is 2. The molecule has 0 spiro atoms. The lowest BCUT2D eigenvalue weighted by molar-refractivity contribution is -0.162. The molecule has 1 atom stereocenters. The Kier molecular flexibility index (Phi) is 3.38. The predicted octanol–water partition coefficient (Wildman–Crippen LogP) is 1.86. The highest BCUT2D eigenvalue weighted by Crippen LogP contribution is 2.26. The van der Waals surface area contributed by atoms with E-state index in [1.165, 1.54) is 19.1 Å². The first-order valence-electron chi connectivity index (χ1n) is 4.49. The van der Waals surface area contributed by atoms with E-state index in [0.717, 1.165) is 16.7 Å². The van der Waals surface area contributed by atoms with Crippen LogP contribution in [0.5, 0.6) is 0 Å². The molecule has 16 heavy (non-hydrogen) atoms. The van der Waals surface area contributed by atoms with Gasteiger partial charge in [0.2, 0.25) is 0 Å². The molecular weight excluding hydrogens is 221 g/mol. The van der Waals surface area contributed by atoms with Gasteiger partial charge in [0.1, 0.15) is 0 Å². The summed E-state index contributed by atoms with van der Waals surface area (Å²) in [5, 5.41) is 8.42. The number of hydrogen-bond acceptors (Lipinski definition) is 2. The van der Waals surface area contributed by atoms with E-state index in [-0.39, 0.29) is 0 Å². The molecule has 0 saturated carbocycles. The van der Waals surface area contributed by atoms with Gasteiger partial charge >= 0.3 is 6.18 Å². The van der Waals surface area contributed by atoms with Crippen molar-refractivity contribution in [3.8, 4) is 6.07 Å². The van der Waals surface area contributed by atoms with Crippen LogP contribution in [0.4, 0.5) is 13.2 Å². The lowest BCUT2D eigenvalue weighted by Crippen LogP contribution is -2.31. The van der Waals surface area contributed by atoms with E-state index < -0.39 is 24.2 Å². The van der Waals surface area contributed by atoms with Gasteiger partial charge in [-0.1, -0.05) is 6.07 Å². The summed E-state index contributed by atoms with van der Waals surface area (Å²) in [6.45, 7) is 0.859. The molecule has 0 aliphatic heterocycles. The summed E-state index contributed by atoms with van der Waals surface area (Å²) in [4.78, 5) is 11.3. The molecule has 0 fully saturated rings. The summed E-state index contributed by atoms with van der Waals surface area (Å²) in [6.07, 6.45) is -4.61. The third kappa shape index (κ3) is 2.63. The second kappa shape index (κ2) is 4.39. The molecule has 0 aliphatic rings. The molecule has 1 heterocycles. The van der Waals surface area contributed by atoms with E-state index in [1.807, 2.05) is 0 Å². The summed E-state index contributed by atoms with van der Waals surface area (Å²) in [5.74, 6) is -2.16. The third-order valence-corrected chi connectivity index (χ3v) is 2.18. The maximum absolute atomic E-state index is 12.3. The maximum Gasteiger partial charge on any atom is 0.406 e. The minimum absolute atomic E-state index is 0.400. The zero-order valence-corrected chi connectivity index (χ0v) is 8.45. The van der Waals surface area contributed by atoms with Crippen molar-refractivity contribution < 1.29 is 13.2 Å². The first-order chi connectivity index (χ1) is 7.36. The van der Waals surface area contributed by atoms with Crippen LogP contribution < -0.4 is 5.56 Å².